The molecule has 0 saturated carbocycles. The van der Waals surface area contributed by atoms with Gasteiger partial charge in [0, 0.05) is 18.9 Å². The average Bonchev–Trinajstić information content (AvgIpc) is 1.65. The van der Waals surface area contributed by atoms with E-state index in [-0.39, 0.29) is 35.9 Å². The fourth-order valence-electron chi connectivity index (χ4n) is 0. The first kappa shape index (κ1) is 22.5. The summed E-state index contributed by atoms with van der Waals surface area (Å²) in [4.78, 5) is 0. The van der Waals surface area contributed by atoms with Crippen LogP contribution in [0.15, 0.2) is 0 Å². The van der Waals surface area contributed by atoms with E-state index < -0.39 is 10.8 Å². The van der Waals surface area contributed by atoms with E-state index in [1.54, 1.807) is 0 Å². The van der Waals surface area contributed by atoms with Crippen molar-refractivity contribution < 1.29 is 21.3 Å². The maximum absolute atomic E-state index is 9.44. The van der Waals surface area contributed by atoms with Gasteiger partial charge in [-0.1, -0.05) is 13.3 Å². The van der Waals surface area contributed by atoms with Crippen molar-refractivity contribution in [3.8, 4) is 0 Å². The molecule has 0 aromatic carbocycles. The minimum atomic E-state index is -0.861. The number of hydrogen-bond donors (Lipinski definition) is 0. The van der Waals surface area contributed by atoms with Gasteiger partial charge in [0.15, 0.2) is 0 Å². The molecule has 0 fully saturated rings. The second-order valence-corrected chi connectivity index (χ2v) is 2.57. The second kappa shape index (κ2) is 22.4. The molecule has 0 aromatic rings. The van der Waals surface area contributed by atoms with Gasteiger partial charge in [0.1, 0.15) is 0 Å². The van der Waals surface area contributed by atoms with Crippen LogP contribution < -0.4 is 0 Å². The Morgan fingerprint density at radius 3 is 1.60 bits per heavy atom. The molecule has 1 unspecified atom stereocenters. The largest absolute Gasteiger partial charge is 2.00 e. The first-order chi connectivity index (χ1) is 3.65. The van der Waals surface area contributed by atoms with E-state index >= 15 is 0 Å². The fourth-order valence-corrected chi connectivity index (χ4v) is 0. The van der Waals surface area contributed by atoms with Crippen LogP contribution in [-0.4, -0.2) is 29.3 Å². The molecule has 0 N–H and O–H groups in total. The van der Waals surface area contributed by atoms with Crippen LogP contribution in [-0.2, 0) is 27.9 Å². The van der Waals surface area contributed by atoms with E-state index in [0.717, 1.165) is 6.42 Å². The van der Waals surface area contributed by atoms with Gasteiger partial charge in [-0.2, -0.15) is 6.42 Å². The van der Waals surface area contributed by atoms with Gasteiger partial charge in [-0.3, -0.25) is 10.5 Å². The van der Waals surface area contributed by atoms with Crippen molar-refractivity contribution >= 4 is 29.7 Å². The summed E-state index contributed by atoms with van der Waals surface area (Å²) in [6, 6.07) is 0. The molecule has 0 spiro atoms. The first-order valence-electron chi connectivity index (χ1n) is 2.57. The molecule has 1 nitrogen and oxygen atoms in total. The fraction of sp³-hybridized carbons (Fsp3) is 0.667. The van der Waals surface area contributed by atoms with E-state index in [0.29, 0.717) is 0 Å². The molecule has 0 bridgehead atoms. The quantitative estimate of drug-likeness (QED) is 0.466. The van der Waals surface area contributed by atoms with Crippen LogP contribution in [0.5, 0.6) is 0 Å². The summed E-state index contributed by atoms with van der Waals surface area (Å²) in [7, 11) is -0.861. The topological polar surface area (TPSA) is 17.1 Å². The summed E-state index contributed by atoms with van der Waals surface area (Å²) in [6.45, 7) is 5.72. The summed E-state index contributed by atoms with van der Waals surface area (Å²) < 4.78 is 9.44. The third kappa shape index (κ3) is 123. The van der Waals surface area contributed by atoms with Crippen molar-refractivity contribution in [3.63, 3.8) is 0 Å². The Kier molecular flexibility index (Phi) is 50.5. The Morgan fingerprint density at radius 1 is 1.50 bits per heavy atom. The second-order valence-electron chi connectivity index (χ2n) is 1.43. The Hall–Kier alpha value is 1.27. The maximum Gasteiger partial charge on any atom is 2.00 e. The van der Waals surface area contributed by atoms with Gasteiger partial charge in [0.2, 0.25) is 0 Å². The smallest absolute Gasteiger partial charge is 0.343 e. The van der Waals surface area contributed by atoms with Gasteiger partial charge in [-0.25, -0.2) is 0 Å². The summed E-state index contributed by atoms with van der Waals surface area (Å²) in [5, 5.41) is 0. The predicted molar refractivity (Wildman–Crippen MR) is 45.4 cm³/mol. The van der Waals surface area contributed by atoms with Crippen molar-refractivity contribution in [1.82, 2.24) is 0 Å². The molecule has 0 aliphatic carbocycles. The van der Waals surface area contributed by atoms with Crippen LogP contribution in [0.2, 0.25) is 0 Å². The van der Waals surface area contributed by atoms with E-state index in [9.17, 15) is 4.21 Å². The minimum Gasteiger partial charge on any atom is -0.343 e. The molecule has 10 heavy (non-hydrogen) atoms. The third-order valence-corrected chi connectivity index (χ3v) is 0.354. The molecule has 62 valence electrons. The van der Waals surface area contributed by atoms with Crippen molar-refractivity contribution in [1.29, 1.82) is 0 Å². The van der Waals surface area contributed by atoms with Gasteiger partial charge in [0.05, 0.1) is 0 Å². The van der Waals surface area contributed by atoms with Crippen molar-refractivity contribution in [2.24, 2.45) is 0 Å². The van der Waals surface area contributed by atoms with Crippen LogP contribution >= 0.6 is 0 Å². The van der Waals surface area contributed by atoms with Gasteiger partial charge >= 0.3 is 17.1 Å². The van der Waals surface area contributed by atoms with E-state index in [2.05, 4.69) is 20.1 Å². The zero-order valence-electron chi connectivity index (χ0n) is 6.95. The molecule has 0 aliphatic heterocycles. The Bertz CT molecular complexity index is 55.7. The van der Waals surface area contributed by atoms with Gasteiger partial charge in [-0.15, -0.1) is 10.8 Å². The minimum absolute atomic E-state index is 0. The van der Waals surface area contributed by atoms with Gasteiger partial charge in [0.25, 0.3) is 0 Å². The zero-order valence-corrected chi connectivity index (χ0v) is 8.70. The van der Waals surface area contributed by atoms with Crippen LogP contribution in [0.3, 0.4) is 0 Å². The van der Waals surface area contributed by atoms with Crippen molar-refractivity contribution in [2.75, 3.05) is 6.26 Å². The van der Waals surface area contributed by atoms with E-state index in [1.807, 2.05) is 0 Å². The van der Waals surface area contributed by atoms with Gasteiger partial charge < -0.3 is 6.92 Å². The summed E-state index contributed by atoms with van der Waals surface area (Å²) in [5.74, 6) is 0. The Labute approximate surface area is 89.8 Å². The molecular weight excluding hydrogens is 191 g/mol. The SMILES string of the molecule is [CH2-]CCC.[CH2-]S(C)=O.[Cu+2].[Li]. The van der Waals surface area contributed by atoms with Crippen molar-refractivity contribution in [2.45, 2.75) is 19.8 Å². The summed E-state index contributed by atoms with van der Waals surface area (Å²) in [6.07, 6.45) is 6.92. The number of hydrogen-bond acceptors (Lipinski definition) is 1. The third-order valence-electron chi connectivity index (χ3n) is 0.354. The molecule has 0 aromatic heterocycles. The van der Waals surface area contributed by atoms with Crippen LogP contribution in [0.25, 0.3) is 0 Å². The standard InChI is InChI=1S/C4H9.C2H5OS.Cu.Li/c1-3-4-2;1-4(2)3;;/h1,3-4H2,2H3;1H2,2H3;;/q2*-1;+2;. The number of rotatable bonds is 1. The van der Waals surface area contributed by atoms with E-state index in [4.69, 9.17) is 0 Å². The zero-order chi connectivity index (χ0) is 6.99. The molecule has 0 rings (SSSR count). The van der Waals surface area contributed by atoms with Crippen LogP contribution in [0.4, 0.5) is 0 Å². The Balaban J connectivity index is -0.0000000300. The Morgan fingerprint density at radius 2 is 1.60 bits per heavy atom. The molecule has 1 atom stereocenters. The molecule has 0 aliphatic rings. The monoisotopic (exact) mass is 204 g/mol. The van der Waals surface area contributed by atoms with Crippen LogP contribution in [0.1, 0.15) is 19.8 Å². The maximum atomic E-state index is 9.44. The molecular formula is C6H14CuLiOS. The average molecular weight is 205 g/mol. The van der Waals surface area contributed by atoms with Crippen molar-refractivity contribution in [3.05, 3.63) is 13.2 Å². The summed E-state index contributed by atoms with van der Waals surface area (Å²) in [5.41, 5.74) is 0. The van der Waals surface area contributed by atoms with Crippen LogP contribution in [0, 0.1) is 13.2 Å². The molecule has 4 heteroatoms. The summed E-state index contributed by atoms with van der Waals surface area (Å²) >= 11 is 0. The first-order valence-corrected chi connectivity index (χ1v) is 4.30. The molecule has 2 radical (unpaired) electrons. The predicted octanol–water partition coefficient (Wildman–Crippen LogP) is 1.39. The molecule has 0 amide bonds. The normalized spacial score (nSPS) is 9.20. The van der Waals surface area contributed by atoms with Gasteiger partial charge in [-0.05, 0) is 6.26 Å². The molecule has 0 heterocycles. The van der Waals surface area contributed by atoms with E-state index in [1.165, 1.54) is 12.7 Å². The number of unbranched alkanes of at least 4 members (excludes halogenated alkanes) is 1. The molecule has 0 saturated heterocycles.